The summed E-state index contributed by atoms with van der Waals surface area (Å²) in [5, 5.41) is 9.35. The van der Waals surface area contributed by atoms with Crippen LogP contribution in [0.4, 0.5) is 0 Å². The summed E-state index contributed by atoms with van der Waals surface area (Å²) < 4.78 is 19.2. The van der Waals surface area contributed by atoms with Crippen LogP contribution in [0.3, 0.4) is 0 Å². The third-order valence-corrected chi connectivity index (χ3v) is 7.63. The van der Waals surface area contributed by atoms with E-state index in [2.05, 4.69) is 29.8 Å². The Kier molecular flexibility index (Phi) is 10.3. The number of benzene rings is 2. The number of hydrogen-bond donors (Lipinski definition) is 1. The number of rotatable bonds is 13. The van der Waals surface area contributed by atoms with Crippen LogP contribution in [0.2, 0.25) is 5.02 Å². The van der Waals surface area contributed by atoms with Crippen LogP contribution in [0.1, 0.15) is 47.6 Å². The fourth-order valence-electron chi connectivity index (χ4n) is 4.63. The molecule has 4 aromatic rings. The zero-order valence-electron chi connectivity index (χ0n) is 23.9. The van der Waals surface area contributed by atoms with Crippen LogP contribution >= 0.6 is 27.5 Å². The van der Waals surface area contributed by atoms with Crippen molar-refractivity contribution in [2.75, 3.05) is 27.4 Å². The van der Waals surface area contributed by atoms with Crippen molar-refractivity contribution in [3.05, 3.63) is 86.7 Å². The van der Waals surface area contributed by atoms with Crippen LogP contribution in [0.15, 0.2) is 59.2 Å². The van der Waals surface area contributed by atoms with Crippen molar-refractivity contribution in [2.24, 2.45) is 5.92 Å². The van der Waals surface area contributed by atoms with Crippen LogP contribution in [-0.2, 0) is 17.8 Å². The number of aromatic nitrogens is 2. The lowest BCUT2D eigenvalue weighted by molar-refractivity contribution is -0.139. The zero-order valence-corrected chi connectivity index (χ0v) is 26.2. The number of ether oxygens (including phenoxy) is 3. The standard InChI is InChI=1S/C31H33BrClN3O6/c1-19(2)12-14-35(31(39)22-9-11-26(40-3)30(41-4)29(22)33)17-23-24(36-13-6-5-7-27(36)34-23)16-20-15-21(32)8-10-25(20)42-18-28(37)38/h5-11,13,15,19H,12,14,16-18H2,1-4H3,(H,37,38). The zero-order chi connectivity index (χ0) is 30.4. The summed E-state index contributed by atoms with van der Waals surface area (Å²) in [5.41, 5.74) is 3.37. The molecule has 11 heteroatoms. The highest BCUT2D eigenvalue weighted by molar-refractivity contribution is 9.10. The summed E-state index contributed by atoms with van der Waals surface area (Å²) in [6, 6.07) is 14.5. The molecule has 0 saturated heterocycles. The molecular formula is C31H33BrClN3O6. The summed E-state index contributed by atoms with van der Waals surface area (Å²) in [6.07, 6.45) is 3.08. The number of hydrogen-bond acceptors (Lipinski definition) is 6. The van der Waals surface area contributed by atoms with Gasteiger partial charge in [0.15, 0.2) is 18.1 Å². The van der Waals surface area contributed by atoms with E-state index in [1.54, 1.807) is 29.2 Å². The number of carbonyl (C=O) groups excluding carboxylic acids is 1. The highest BCUT2D eigenvalue weighted by Crippen LogP contribution is 2.38. The number of halogens is 2. The molecule has 0 fully saturated rings. The van der Waals surface area contributed by atoms with Crippen LogP contribution < -0.4 is 14.2 Å². The lowest BCUT2D eigenvalue weighted by atomic mass is 10.1. The van der Waals surface area contributed by atoms with Crippen molar-refractivity contribution in [1.29, 1.82) is 0 Å². The first-order valence-corrected chi connectivity index (χ1v) is 14.6. The Bertz CT molecular complexity index is 1590. The number of pyridine rings is 1. The van der Waals surface area contributed by atoms with Gasteiger partial charge in [-0.25, -0.2) is 9.78 Å². The van der Waals surface area contributed by atoms with Gasteiger partial charge in [0.1, 0.15) is 11.4 Å². The fourth-order valence-corrected chi connectivity index (χ4v) is 5.35. The molecule has 2 aromatic carbocycles. The molecule has 1 amide bonds. The van der Waals surface area contributed by atoms with E-state index in [0.29, 0.717) is 47.4 Å². The normalized spacial score (nSPS) is 11.1. The van der Waals surface area contributed by atoms with Gasteiger partial charge in [-0.3, -0.25) is 4.79 Å². The summed E-state index contributed by atoms with van der Waals surface area (Å²) in [6.45, 7) is 4.46. The Morgan fingerprint density at radius 1 is 1.10 bits per heavy atom. The second kappa shape index (κ2) is 13.9. The number of carboxylic acids is 1. The van der Waals surface area contributed by atoms with Gasteiger partial charge in [-0.2, -0.15) is 0 Å². The van der Waals surface area contributed by atoms with Crippen molar-refractivity contribution in [3.8, 4) is 17.2 Å². The molecule has 0 aliphatic heterocycles. The highest BCUT2D eigenvalue weighted by atomic mass is 79.9. The van der Waals surface area contributed by atoms with E-state index in [1.807, 2.05) is 34.9 Å². The molecule has 1 N–H and O–H groups in total. The topological polar surface area (TPSA) is 103 Å². The predicted molar refractivity (Wildman–Crippen MR) is 164 cm³/mol. The quantitative estimate of drug-likeness (QED) is 0.175. The Labute approximate surface area is 258 Å². The summed E-state index contributed by atoms with van der Waals surface area (Å²) in [5.74, 6) is 0.237. The number of carboxylic acid groups (broad SMARTS) is 1. The summed E-state index contributed by atoms with van der Waals surface area (Å²) in [7, 11) is 2.99. The molecule has 0 aliphatic carbocycles. The highest BCUT2D eigenvalue weighted by Gasteiger charge is 2.26. The van der Waals surface area contributed by atoms with E-state index in [9.17, 15) is 9.59 Å². The first-order valence-electron chi connectivity index (χ1n) is 13.4. The maximum Gasteiger partial charge on any atom is 0.341 e. The van der Waals surface area contributed by atoms with Crippen molar-refractivity contribution in [3.63, 3.8) is 0 Å². The minimum absolute atomic E-state index is 0.181. The molecule has 2 aromatic heterocycles. The number of methoxy groups -OCH3 is 2. The molecular weight excluding hydrogens is 626 g/mol. The molecule has 0 bridgehead atoms. The molecule has 42 heavy (non-hydrogen) atoms. The van der Waals surface area contributed by atoms with Crippen LogP contribution in [0.5, 0.6) is 17.2 Å². The Morgan fingerprint density at radius 2 is 1.86 bits per heavy atom. The molecule has 0 spiro atoms. The third kappa shape index (κ3) is 7.17. The first-order chi connectivity index (χ1) is 20.1. The van der Waals surface area contributed by atoms with Gasteiger partial charge in [0.25, 0.3) is 5.91 Å². The maximum atomic E-state index is 14.0. The van der Waals surface area contributed by atoms with E-state index >= 15 is 0 Å². The Hall–Kier alpha value is -3.76. The van der Waals surface area contributed by atoms with Gasteiger partial charge in [0.2, 0.25) is 0 Å². The minimum Gasteiger partial charge on any atom is -0.493 e. The van der Waals surface area contributed by atoms with E-state index in [-0.39, 0.29) is 17.5 Å². The molecule has 0 atom stereocenters. The Balaban J connectivity index is 1.76. The fraction of sp³-hybridized carbons (Fsp3) is 0.323. The van der Waals surface area contributed by atoms with Crippen molar-refractivity contribution < 1.29 is 28.9 Å². The Morgan fingerprint density at radius 3 is 2.55 bits per heavy atom. The molecule has 222 valence electrons. The maximum absolute atomic E-state index is 14.0. The first kappa shape index (κ1) is 31.2. The van der Waals surface area contributed by atoms with Gasteiger partial charge in [-0.05, 0) is 54.8 Å². The van der Waals surface area contributed by atoms with E-state index < -0.39 is 12.6 Å². The predicted octanol–water partition coefficient (Wildman–Crippen LogP) is 6.51. The SMILES string of the molecule is COc1ccc(C(=O)N(CCC(C)C)Cc2nc3ccccn3c2Cc2cc(Br)ccc2OCC(=O)O)c(Cl)c1OC. The van der Waals surface area contributed by atoms with Gasteiger partial charge in [-0.15, -0.1) is 0 Å². The summed E-state index contributed by atoms with van der Waals surface area (Å²) >= 11 is 10.2. The van der Waals surface area contributed by atoms with Gasteiger partial charge in [0, 0.05) is 29.2 Å². The van der Waals surface area contributed by atoms with E-state index in [1.165, 1.54) is 14.2 Å². The van der Waals surface area contributed by atoms with Gasteiger partial charge >= 0.3 is 5.97 Å². The molecule has 2 heterocycles. The number of nitrogens with zero attached hydrogens (tertiary/aromatic N) is 3. The lowest BCUT2D eigenvalue weighted by Crippen LogP contribution is -2.33. The molecule has 0 radical (unpaired) electrons. The van der Waals surface area contributed by atoms with Gasteiger partial charge < -0.3 is 28.6 Å². The van der Waals surface area contributed by atoms with Crippen LogP contribution in [-0.4, -0.2) is 58.6 Å². The number of amides is 1. The second-order valence-corrected chi connectivity index (χ2v) is 11.4. The average molecular weight is 659 g/mol. The smallest absolute Gasteiger partial charge is 0.341 e. The summed E-state index contributed by atoms with van der Waals surface area (Å²) in [4.78, 5) is 31.9. The third-order valence-electron chi connectivity index (χ3n) is 6.76. The number of imidazole rings is 1. The number of carbonyl (C=O) groups is 2. The number of aliphatic carboxylic acids is 1. The molecule has 0 unspecified atom stereocenters. The number of fused-ring (bicyclic) bond motifs is 1. The van der Waals surface area contributed by atoms with Crippen molar-refractivity contribution >= 4 is 45.1 Å². The average Bonchev–Trinajstić information content (AvgIpc) is 3.30. The molecule has 9 nitrogen and oxygen atoms in total. The molecule has 4 rings (SSSR count). The van der Waals surface area contributed by atoms with Crippen LogP contribution in [0.25, 0.3) is 5.65 Å². The van der Waals surface area contributed by atoms with Gasteiger partial charge in [-0.1, -0.05) is 47.4 Å². The monoisotopic (exact) mass is 657 g/mol. The minimum atomic E-state index is -1.06. The van der Waals surface area contributed by atoms with Crippen LogP contribution in [0, 0.1) is 5.92 Å². The second-order valence-electron chi connectivity index (χ2n) is 10.1. The largest absolute Gasteiger partial charge is 0.493 e. The van der Waals surface area contributed by atoms with E-state index in [4.69, 9.17) is 35.9 Å². The molecule has 0 aliphatic rings. The van der Waals surface area contributed by atoms with Gasteiger partial charge in [0.05, 0.1) is 42.7 Å². The van der Waals surface area contributed by atoms with Crippen molar-refractivity contribution in [2.45, 2.75) is 33.2 Å². The van der Waals surface area contributed by atoms with Crippen molar-refractivity contribution in [1.82, 2.24) is 14.3 Å². The van der Waals surface area contributed by atoms with E-state index in [0.717, 1.165) is 27.8 Å². The lowest BCUT2D eigenvalue weighted by Gasteiger charge is -2.25. The molecule has 0 saturated carbocycles.